The van der Waals surface area contributed by atoms with Crippen LogP contribution in [0.1, 0.15) is 37.2 Å². The maximum Gasteiger partial charge on any atom is 0.215 e. The van der Waals surface area contributed by atoms with Gasteiger partial charge in [-0.2, -0.15) is 11.8 Å². The van der Waals surface area contributed by atoms with E-state index in [4.69, 9.17) is 0 Å². The minimum absolute atomic E-state index is 0.110. The van der Waals surface area contributed by atoms with E-state index < -0.39 is 10.0 Å². The molecule has 1 aromatic carbocycles. The van der Waals surface area contributed by atoms with E-state index in [9.17, 15) is 8.42 Å². The third-order valence-corrected chi connectivity index (χ3v) is 8.39. The summed E-state index contributed by atoms with van der Waals surface area (Å²) in [5, 5.41) is 6.65. The third kappa shape index (κ3) is 6.12. The highest BCUT2D eigenvalue weighted by Gasteiger charge is 2.25. The lowest BCUT2D eigenvalue weighted by Gasteiger charge is -2.30. The fourth-order valence-corrected chi connectivity index (χ4v) is 6.43. The summed E-state index contributed by atoms with van der Waals surface area (Å²) in [5.41, 5.74) is 1.43. The van der Waals surface area contributed by atoms with E-state index in [-0.39, 0.29) is 5.75 Å². The van der Waals surface area contributed by atoms with Crippen LogP contribution in [0.15, 0.2) is 35.3 Å². The molecule has 1 aromatic rings. The molecule has 1 saturated carbocycles. The maximum atomic E-state index is 12.4. The van der Waals surface area contributed by atoms with Crippen molar-refractivity contribution in [2.75, 3.05) is 43.9 Å². The van der Waals surface area contributed by atoms with Gasteiger partial charge in [-0.25, -0.2) is 12.7 Å². The highest BCUT2D eigenvalue weighted by Crippen LogP contribution is 2.32. The van der Waals surface area contributed by atoms with Crippen molar-refractivity contribution in [1.82, 2.24) is 14.9 Å². The van der Waals surface area contributed by atoms with Gasteiger partial charge in [0.15, 0.2) is 5.96 Å². The van der Waals surface area contributed by atoms with Crippen molar-refractivity contribution < 1.29 is 8.42 Å². The molecule has 8 heteroatoms. The van der Waals surface area contributed by atoms with Gasteiger partial charge in [0.25, 0.3) is 0 Å². The molecule has 2 fully saturated rings. The highest BCUT2D eigenvalue weighted by molar-refractivity contribution is 7.99. The summed E-state index contributed by atoms with van der Waals surface area (Å²) >= 11 is 1.81. The van der Waals surface area contributed by atoms with Gasteiger partial charge in [0.2, 0.25) is 10.0 Å². The molecule has 0 radical (unpaired) electrons. The number of hydrogen-bond donors (Lipinski definition) is 2. The van der Waals surface area contributed by atoms with Crippen LogP contribution in [-0.2, 0) is 10.0 Å². The maximum absolute atomic E-state index is 12.4. The average molecular weight is 425 g/mol. The zero-order valence-electron chi connectivity index (χ0n) is 16.6. The Kier molecular flexibility index (Phi) is 8.05. The van der Waals surface area contributed by atoms with Crippen molar-refractivity contribution >= 4 is 27.7 Å². The molecule has 2 aliphatic rings. The van der Waals surface area contributed by atoms with E-state index in [1.165, 1.54) is 18.4 Å². The molecule has 2 N–H and O–H groups in total. The quantitative estimate of drug-likeness (QED) is 0.541. The summed E-state index contributed by atoms with van der Waals surface area (Å²) < 4.78 is 26.5. The largest absolute Gasteiger partial charge is 0.355 e. The number of aliphatic imine (C=N–C) groups is 1. The van der Waals surface area contributed by atoms with Crippen LogP contribution in [0, 0.1) is 0 Å². The van der Waals surface area contributed by atoms with Gasteiger partial charge in [-0.05, 0) is 37.2 Å². The molecule has 0 unspecified atom stereocenters. The van der Waals surface area contributed by atoms with Gasteiger partial charge in [-0.1, -0.05) is 30.3 Å². The molecule has 1 aliphatic carbocycles. The second-order valence-corrected chi connectivity index (χ2v) is 10.7. The Labute approximate surface area is 173 Å². The number of sulfonamides is 1. The predicted octanol–water partition coefficient (Wildman–Crippen LogP) is 2.26. The van der Waals surface area contributed by atoms with E-state index >= 15 is 0 Å². The first kappa shape index (κ1) is 21.5. The third-order valence-electron chi connectivity index (χ3n) is 5.58. The molecule has 6 nitrogen and oxygen atoms in total. The molecule has 1 aliphatic heterocycles. The first-order valence-corrected chi connectivity index (χ1v) is 12.9. The number of thioether (sulfide) groups is 1. The highest BCUT2D eigenvalue weighted by atomic mass is 32.2. The Balaban J connectivity index is 1.40. The van der Waals surface area contributed by atoms with Crippen molar-refractivity contribution in [1.29, 1.82) is 0 Å². The molecule has 0 atom stereocenters. The number of hydrogen-bond acceptors (Lipinski definition) is 4. The van der Waals surface area contributed by atoms with E-state index in [0.29, 0.717) is 37.6 Å². The first-order chi connectivity index (χ1) is 13.6. The number of benzene rings is 1. The second kappa shape index (κ2) is 10.5. The second-order valence-electron chi connectivity index (χ2n) is 7.43. The van der Waals surface area contributed by atoms with Crippen LogP contribution in [0.25, 0.3) is 0 Å². The van der Waals surface area contributed by atoms with Gasteiger partial charge in [0.05, 0.1) is 5.75 Å². The average Bonchev–Trinajstić information content (AvgIpc) is 2.74. The molecular weight excluding hydrogens is 392 g/mol. The Morgan fingerprint density at radius 1 is 1.14 bits per heavy atom. The molecule has 156 valence electrons. The van der Waals surface area contributed by atoms with E-state index in [0.717, 1.165) is 24.3 Å². The van der Waals surface area contributed by atoms with E-state index in [1.807, 2.05) is 11.8 Å². The standard InChI is InChI=1S/C20H32N4O2S2/c1-21-20(22-11-16-28(25,26)24-12-14-27-15-13-24)23-19-9-7-18(8-10-19)17-5-3-2-4-6-17/h2-6,18-19H,7-16H2,1H3,(H2,21,22,23). The van der Waals surface area contributed by atoms with Gasteiger partial charge in [-0.15, -0.1) is 0 Å². The minimum atomic E-state index is -3.18. The van der Waals surface area contributed by atoms with Gasteiger partial charge in [0.1, 0.15) is 0 Å². The zero-order chi connectivity index (χ0) is 19.8. The molecule has 3 rings (SSSR count). The van der Waals surface area contributed by atoms with E-state index in [2.05, 4.69) is 46.0 Å². The fourth-order valence-electron chi connectivity index (χ4n) is 3.94. The number of guanidine groups is 1. The molecular formula is C20H32N4O2S2. The molecule has 0 amide bonds. The molecule has 0 spiro atoms. The van der Waals surface area contributed by atoms with Crippen LogP contribution in [0.2, 0.25) is 0 Å². The lowest BCUT2D eigenvalue weighted by molar-refractivity contribution is 0.371. The summed E-state index contributed by atoms with van der Waals surface area (Å²) in [7, 11) is -1.45. The Hall–Kier alpha value is -1.25. The van der Waals surface area contributed by atoms with Gasteiger partial charge in [0, 0.05) is 44.2 Å². The zero-order valence-corrected chi connectivity index (χ0v) is 18.3. The lowest BCUT2D eigenvalue weighted by atomic mass is 9.82. The predicted molar refractivity (Wildman–Crippen MR) is 119 cm³/mol. The van der Waals surface area contributed by atoms with Gasteiger partial charge < -0.3 is 10.6 Å². The van der Waals surface area contributed by atoms with Crippen molar-refractivity contribution in [2.24, 2.45) is 4.99 Å². The Morgan fingerprint density at radius 2 is 1.82 bits per heavy atom. The van der Waals surface area contributed by atoms with Crippen LogP contribution in [0.5, 0.6) is 0 Å². The van der Waals surface area contributed by atoms with Crippen molar-refractivity contribution in [3.05, 3.63) is 35.9 Å². The van der Waals surface area contributed by atoms with Crippen LogP contribution >= 0.6 is 11.8 Å². The monoisotopic (exact) mass is 424 g/mol. The number of nitrogens with one attached hydrogen (secondary N) is 2. The van der Waals surface area contributed by atoms with Crippen molar-refractivity contribution in [3.63, 3.8) is 0 Å². The van der Waals surface area contributed by atoms with Crippen LogP contribution in [0.3, 0.4) is 0 Å². The van der Waals surface area contributed by atoms with Crippen molar-refractivity contribution in [3.8, 4) is 0 Å². The first-order valence-electron chi connectivity index (χ1n) is 10.2. The minimum Gasteiger partial charge on any atom is -0.355 e. The smallest absolute Gasteiger partial charge is 0.215 e. The summed E-state index contributed by atoms with van der Waals surface area (Å²) in [6.45, 7) is 1.64. The topological polar surface area (TPSA) is 73.8 Å². The summed E-state index contributed by atoms with van der Waals surface area (Å²) in [6, 6.07) is 11.1. The van der Waals surface area contributed by atoms with Crippen molar-refractivity contribution in [2.45, 2.75) is 37.6 Å². The number of rotatable bonds is 6. The van der Waals surface area contributed by atoms with Crippen LogP contribution in [0.4, 0.5) is 0 Å². The lowest BCUT2D eigenvalue weighted by Crippen LogP contribution is -2.47. The molecule has 28 heavy (non-hydrogen) atoms. The molecule has 0 aromatic heterocycles. The van der Waals surface area contributed by atoms with Crippen LogP contribution in [-0.4, -0.2) is 68.7 Å². The van der Waals surface area contributed by atoms with Gasteiger partial charge in [-0.3, -0.25) is 4.99 Å². The van der Waals surface area contributed by atoms with Gasteiger partial charge >= 0.3 is 0 Å². The molecule has 0 bridgehead atoms. The Morgan fingerprint density at radius 3 is 2.46 bits per heavy atom. The summed E-state index contributed by atoms with van der Waals surface area (Å²) in [4.78, 5) is 4.27. The normalized spacial score (nSPS) is 24.7. The summed E-state index contributed by atoms with van der Waals surface area (Å²) in [6.07, 6.45) is 4.54. The summed E-state index contributed by atoms with van der Waals surface area (Å²) in [5.74, 6) is 3.23. The molecule has 1 saturated heterocycles. The molecule has 1 heterocycles. The Bertz CT molecular complexity index is 726. The van der Waals surface area contributed by atoms with Crippen LogP contribution < -0.4 is 10.6 Å². The fraction of sp³-hybridized carbons (Fsp3) is 0.650. The van der Waals surface area contributed by atoms with E-state index in [1.54, 1.807) is 11.4 Å². The SMILES string of the molecule is CN=C(NCCS(=O)(=O)N1CCSCC1)NC1CCC(c2ccccc2)CC1. The number of nitrogens with zero attached hydrogens (tertiary/aromatic N) is 2.